The van der Waals surface area contributed by atoms with Gasteiger partial charge >= 0.3 is 0 Å². The van der Waals surface area contributed by atoms with Gasteiger partial charge in [0.1, 0.15) is 10.9 Å². The Balaban J connectivity index is 1.77. The number of benzene rings is 1. The summed E-state index contributed by atoms with van der Waals surface area (Å²) >= 11 is 1.49. The van der Waals surface area contributed by atoms with Crippen molar-refractivity contribution in [2.45, 2.75) is 57.5 Å². The van der Waals surface area contributed by atoms with Gasteiger partial charge in [0.15, 0.2) is 0 Å². The molecule has 0 atom stereocenters. The average molecular weight is 399 g/mol. The summed E-state index contributed by atoms with van der Waals surface area (Å²) < 4.78 is 0. The minimum Gasteiger partial charge on any atom is -0.322 e. The van der Waals surface area contributed by atoms with E-state index in [9.17, 15) is 4.79 Å². The number of nitrogens with zero attached hydrogens (tertiary/aromatic N) is 3. The van der Waals surface area contributed by atoms with Crippen molar-refractivity contribution in [3.8, 4) is 0 Å². The van der Waals surface area contributed by atoms with Crippen molar-refractivity contribution < 1.29 is 4.79 Å². The number of aromatic nitrogens is 2. The van der Waals surface area contributed by atoms with Gasteiger partial charge in [0.05, 0.1) is 11.3 Å². The maximum absolute atomic E-state index is 13.0. The molecule has 1 saturated heterocycles. The summed E-state index contributed by atoms with van der Waals surface area (Å²) in [7, 11) is 0. The number of thioether (sulfide) groups is 1. The van der Waals surface area contributed by atoms with Crippen LogP contribution in [0.15, 0.2) is 29.3 Å². The molecule has 2 aromatic rings. The van der Waals surface area contributed by atoms with E-state index in [2.05, 4.69) is 46.2 Å². The molecule has 0 saturated carbocycles. The van der Waals surface area contributed by atoms with Crippen molar-refractivity contribution in [2.75, 3.05) is 24.7 Å². The van der Waals surface area contributed by atoms with E-state index >= 15 is 0 Å². The zero-order chi connectivity index (χ0) is 20.1. The molecular weight excluding hydrogens is 368 g/mol. The number of anilines is 1. The molecule has 1 aromatic heterocycles. The predicted molar refractivity (Wildman–Crippen MR) is 116 cm³/mol. The molecule has 0 radical (unpaired) electrons. The van der Waals surface area contributed by atoms with Crippen molar-refractivity contribution in [1.82, 2.24) is 14.9 Å². The summed E-state index contributed by atoms with van der Waals surface area (Å²) in [6.07, 6.45) is 5.84. The minimum atomic E-state index is -0.146. The standard InChI is InChI=1S/C22H30N4OS/c1-15(2)20-23-16(3)19(22(25-20)28-4)21(27)24-18-10-8-9-17(13-18)14-26-11-6-5-7-12-26/h8-10,13,15H,5-7,11-12,14H2,1-4H3,(H,24,27). The van der Waals surface area contributed by atoms with E-state index in [0.29, 0.717) is 5.56 Å². The van der Waals surface area contributed by atoms with E-state index < -0.39 is 0 Å². The van der Waals surface area contributed by atoms with Crippen molar-refractivity contribution >= 4 is 23.4 Å². The molecule has 0 bridgehead atoms. The van der Waals surface area contributed by atoms with E-state index in [4.69, 9.17) is 0 Å². The largest absolute Gasteiger partial charge is 0.322 e. The Labute approximate surface area is 172 Å². The van der Waals surface area contributed by atoms with Crippen LogP contribution in [0.1, 0.15) is 66.5 Å². The van der Waals surface area contributed by atoms with Crippen LogP contribution in [0.5, 0.6) is 0 Å². The molecule has 1 amide bonds. The molecular formula is C22H30N4OS. The average Bonchev–Trinajstić information content (AvgIpc) is 2.68. The lowest BCUT2D eigenvalue weighted by Crippen LogP contribution is -2.29. The number of rotatable bonds is 6. The first kappa shape index (κ1) is 20.8. The Morgan fingerprint density at radius 1 is 1.21 bits per heavy atom. The molecule has 150 valence electrons. The number of amides is 1. The predicted octanol–water partition coefficient (Wildman–Crippen LogP) is 4.87. The van der Waals surface area contributed by atoms with Crippen LogP contribution in [0.3, 0.4) is 0 Å². The van der Waals surface area contributed by atoms with Crippen molar-refractivity contribution in [2.24, 2.45) is 0 Å². The molecule has 1 fully saturated rings. The van der Waals surface area contributed by atoms with Gasteiger partial charge in [0.2, 0.25) is 0 Å². The van der Waals surface area contributed by atoms with Gasteiger partial charge in [-0.2, -0.15) is 0 Å². The highest BCUT2D eigenvalue weighted by atomic mass is 32.2. The van der Waals surface area contributed by atoms with Gasteiger partial charge < -0.3 is 5.32 Å². The van der Waals surface area contributed by atoms with E-state index in [1.165, 1.54) is 36.6 Å². The summed E-state index contributed by atoms with van der Waals surface area (Å²) in [6, 6.07) is 8.15. The quantitative estimate of drug-likeness (QED) is 0.556. The van der Waals surface area contributed by atoms with Gasteiger partial charge in [0, 0.05) is 18.2 Å². The summed E-state index contributed by atoms with van der Waals surface area (Å²) in [5.74, 6) is 0.863. The minimum absolute atomic E-state index is 0.146. The first-order chi connectivity index (χ1) is 13.5. The Hall–Kier alpha value is -1.92. The third-order valence-electron chi connectivity index (χ3n) is 5.05. The Morgan fingerprint density at radius 3 is 2.64 bits per heavy atom. The lowest BCUT2D eigenvalue weighted by atomic mass is 10.1. The molecule has 0 spiro atoms. The summed E-state index contributed by atoms with van der Waals surface area (Å²) in [5, 5.41) is 3.78. The molecule has 5 nitrogen and oxygen atoms in total. The number of aryl methyl sites for hydroxylation is 1. The summed E-state index contributed by atoms with van der Waals surface area (Å²) in [4.78, 5) is 24.6. The van der Waals surface area contributed by atoms with Crippen LogP contribution in [-0.4, -0.2) is 40.1 Å². The maximum atomic E-state index is 13.0. The lowest BCUT2D eigenvalue weighted by Gasteiger charge is -2.26. The zero-order valence-electron chi connectivity index (χ0n) is 17.3. The number of carbonyl (C=O) groups excluding carboxylic acids is 1. The Morgan fingerprint density at radius 2 is 1.96 bits per heavy atom. The van der Waals surface area contributed by atoms with Gasteiger partial charge in [-0.15, -0.1) is 11.8 Å². The molecule has 1 aliphatic rings. The SMILES string of the molecule is CSc1nc(C(C)C)nc(C)c1C(=O)Nc1cccc(CN2CCCCC2)c1. The maximum Gasteiger partial charge on any atom is 0.260 e. The molecule has 0 unspecified atom stereocenters. The second-order valence-electron chi connectivity index (χ2n) is 7.70. The van der Waals surface area contributed by atoms with Gasteiger partial charge in [-0.25, -0.2) is 9.97 Å². The van der Waals surface area contributed by atoms with Crippen LogP contribution >= 0.6 is 11.8 Å². The van der Waals surface area contributed by atoms with E-state index in [1.807, 2.05) is 25.3 Å². The molecule has 0 aliphatic carbocycles. The molecule has 2 heterocycles. The number of likely N-dealkylation sites (tertiary alicyclic amines) is 1. The highest BCUT2D eigenvalue weighted by Gasteiger charge is 2.20. The van der Waals surface area contributed by atoms with Crippen LogP contribution in [0.4, 0.5) is 5.69 Å². The first-order valence-electron chi connectivity index (χ1n) is 10.0. The van der Waals surface area contributed by atoms with E-state index in [-0.39, 0.29) is 11.8 Å². The smallest absolute Gasteiger partial charge is 0.260 e. The van der Waals surface area contributed by atoms with Gasteiger partial charge in [-0.3, -0.25) is 9.69 Å². The Bertz CT molecular complexity index is 831. The first-order valence-corrected chi connectivity index (χ1v) is 11.3. The fourth-order valence-corrected chi connectivity index (χ4v) is 4.18. The highest BCUT2D eigenvalue weighted by Crippen LogP contribution is 2.24. The van der Waals surface area contributed by atoms with E-state index in [0.717, 1.165) is 41.9 Å². The summed E-state index contributed by atoms with van der Waals surface area (Å²) in [6.45, 7) is 9.26. The lowest BCUT2D eigenvalue weighted by molar-refractivity contribution is 0.102. The molecule has 1 aromatic carbocycles. The van der Waals surface area contributed by atoms with Gasteiger partial charge in [0.25, 0.3) is 5.91 Å². The molecule has 28 heavy (non-hydrogen) atoms. The van der Waals surface area contributed by atoms with Crippen molar-refractivity contribution in [3.05, 3.63) is 46.9 Å². The Kier molecular flexibility index (Phi) is 7.08. The zero-order valence-corrected chi connectivity index (χ0v) is 18.1. The molecule has 1 aliphatic heterocycles. The normalized spacial score (nSPS) is 15.0. The fourth-order valence-electron chi connectivity index (χ4n) is 3.55. The van der Waals surface area contributed by atoms with Gasteiger partial charge in [-0.05, 0) is 56.8 Å². The number of hydrogen-bond donors (Lipinski definition) is 1. The van der Waals surface area contributed by atoms with Crippen molar-refractivity contribution in [3.63, 3.8) is 0 Å². The van der Waals surface area contributed by atoms with E-state index in [1.54, 1.807) is 0 Å². The second kappa shape index (κ2) is 9.52. The van der Waals surface area contributed by atoms with Crippen LogP contribution in [0.25, 0.3) is 0 Å². The number of carbonyl (C=O) groups is 1. The molecule has 1 N–H and O–H groups in total. The molecule has 6 heteroatoms. The van der Waals surface area contributed by atoms with Crippen LogP contribution in [0, 0.1) is 6.92 Å². The number of piperidine rings is 1. The third kappa shape index (κ3) is 5.11. The number of nitrogens with one attached hydrogen (secondary N) is 1. The topological polar surface area (TPSA) is 58.1 Å². The van der Waals surface area contributed by atoms with Crippen LogP contribution < -0.4 is 5.32 Å². The van der Waals surface area contributed by atoms with Crippen LogP contribution in [-0.2, 0) is 6.54 Å². The second-order valence-corrected chi connectivity index (χ2v) is 8.49. The molecule has 3 rings (SSSR count). The summed E-state index contributed by atoms with van der Waals surface area (Å²) in [5.41, 5.74) is 3.34. The fraction of sp³-hybridized carbons (Fsp3) is 0.500. The van der Waals surface area contributed by atoms with Gasteiger partial charge in [-0.1, -0.05) is 32.4 Å². The highest BCUT2D eigenvalue weighted by molar-refractivity contribution is 7.98. The number of hydrogen-bond acceptors (Lipinski definition) is 5. The van der Waals surface area contributed by atoms with Crippen molar-refractivity contribution in [1.29, 1.82) is 0 Å². The monoisotopic (exact) mass is 398 g/mol. The third-order valence-corrected chi connectivity index (χ3v) is 5.73. The van der Waals surface area contributed by atoms with Crippen LogP contribution in [0.2, 0.25) is 0 Å².